The summed E-state index contributed by atoms with van der Waals surface area (Å²) in [5.74, 6) is 1.44. The van der Waals surface area contributed by atoms with Crippen LogP contribution in [-0.4, -0.2) is 43.0 Å². The SMILES string of the molecule is CCN(CC)c1nc(-c2ccc(-c3[c-]cc4c(c3)C(C)(C)C(C)(C)C4(C)C)nc2)nc(C(c2ccccn2)c2ccccn2)n1.[Ir]. The Morgan fingerprint density at radius 1 is 0.739 bits per heavy atom. The van der Waals surface area contributed by atoms with Gasteiger partial charge in [0, 0.05) is 57.3 Å². The second kappa shape index (κ2) is 12.7. The van der Waals surface area contributed by atoms with Gasteiger partial charge in [-0.2, -0.15) is 9.97 Å². The van der Waals surface area contributed by atoms with E-state index in [2.05, 4.69) is 88.5 Å². The number of aromatic nitrogens is 6. The van der Waals surface area contributed by atoms with Crippen molar-refractivity contribution in [3.8, 4) is 22.6 Å². The summed E-state index contributed by atoms with van der Waals surface area (Å²) < 4.78 is 0. The van der Waals surface area contributed by atoms with Gasteiger partial charge in [0.1, 0.15) is 11.7 Å². The van der Waals surface area contributed by atoms with Crippen LogP contribution >= 0.6 is 0 Å². The fourth-order valence-corrected chi connectivity index (χ4v) is 6.61. The van der Waals surface area contributed by atoms with E-state index < -0.39 is 0 Å². The van der Waals surface area contributed by atoms with Crippen LogP contribution in [0.4, 0.5) is 5.95 Å². The van der Waals surface area contributed by atoms with Gasteiger partial charge in [-0.1, -0.05) is 65.8 Å². The Morgan fingerprint density at radius 3 is 1.91 bits per heavy atom. The standard InChI is InChI=1S/C38H42N7.Ir/c1-9-45(10-2)35-43-33(42-34(44-35)32(30-15-11-13-21-39-30)31-16-12-14-22-40-31)26-18-20-29(41-24-26)25-17-19-27-28(23-25)37(5,6)38(7,8)36(27,3)4;/h11-16,18-24,32H,9-10H2,1-8H3;/q-1;. The van der Waals surface area contributed by atoms with Crippen LogP contribution in [0.3, 0.4) is 0 Å². The Balaban J connectivity index is 0.00000417. The van der Waals surface area contributed by atoms with E-state index in [0.717, 1.165) is 41.3 Å². The monoisotopic (exact) mass is 789 g/mol. The molecule has 8 heteroatoms. The van der Waals surface area contributed by atoms with Crippen molar-refractivity contribution in [2.24, 2.45) is 5.41 Å². The number of anilines is 1. The molecule has 0 N–H and O–H groups in total. The topological polar surface area (TPSA) is 80.6 Å². The normalized spacial score (nSPS) is 15.7. The van der Waals surface area contributed by atoms with Gasteiger partial charge in [0.25, 0.3) is 0 Å². The van der Waals surface area contributed by atoms with Gasteiger partial charge < -0.3 is 9.88 Å². The second-order valence-electron chi connectivity index (χ2n) is 13.4. The molecule has 0 fully saturated rings. The number of rotatable bonds is 8. The third-order valence-electron chi connectivity index (χ3n) is 10.6. The smallest absolute Gasteiger partial charge is 0.229 e. The third kappa shape index (κ3) is 5.56. The predicted molar refractivity (Wildman–Crippen MR) is 180 cm³/mol. The molecule has 0 atom stereocenters. The molecular weight excluding hydrogens is 747 g/mol. The molecule has 4 heterocycles. The van der Waals surface area contributed by atoms with Crippen molar-refractivity contribution in [1.29, 1.82) is 0 Å². The van der Waals surface area contributed by atoms with E-state index in [-0.39, 0.29) is 42.3 Å². The number of nitrogens with zero attached hydrogens (tertiary/aromatic N) is 7. The van der Waals surface area contributed by atoms with Crippen LogP contribution in [0.1, 0.15) is 89.6 Å². The van der Waals surface area contributed by atoms with E-state index >= 15 is 0 Å². The summed E-state index contributed by atoms with van der Waals surface area (Å²) in [7, 11) is 0. The zero-order chi connectivity index (χ0) is 32.0. The Labute approximate surface area is 286 Å². The summed E-state index contributed by atoms with van der Waals surface area (Å²) in [6.07, 6.45) is 5.44. The van der Waals surface area contributed by atoms with Crippen LogP contribution < -0.4 is 4.90 Å². The van der Waals surface area contributed by atoms with Gasteiger partial charge in [-0.25, -0.2) is 4.98 Å². The molecule has 0 aliphatic heterocycles. The quantitative estimate of drug-likeness (QED) is 0.149. The van der Waals surface area contributed by atoms with Crippen LogP contribution in [0.25, 0.3) is 22.6 Å². The first kappa shape index (κ1) is 33.5. The minimum atomic E-state index is -0.353. The Kier molecular flexibility index (Phi) is 9.27. The molecule has 0 bridgehead atoms. The molecule has 1 aliphatic carbocycles. The average Bonchev–Trinajstić information content (AvgIpc) is 3.16. The maximum atomic E-state index is 5.03. The minimum Gasteiger partial charge on any atom is -0.341 e. The van der Waals surface area contributed by atoms with Crippen molar-refractivity contribution in [2.45, 2.75) is 72.1 Å². The van der Waals surface area contributed by atoms with Crippen molar-refractivity contribution in [1.82, 2.24) is 29.9 Å². The van der Waals surface area contributed by atoms with Gasteiger partial charge in [-0.15, -0.1) is 34.9 Å². The molecule has 4 aromatic heterocycles. The summed E-state index contributed by atoms with van der Waals surface area (Å²) >= 11 is 0. The summed E-state index contributed by atoms with van der Waals surface area (Å²) in [6.45, 7) is 19.9. The van der Waals surface area contributed by atoms with Gasteiger partial charge in [0.2, 0.25) is 5.95 Å². The molecule has 0 unspecified atom stereocenters. The largest absolute Gasteiger partial charge is 0.341 e. The van der Waals surface area contributed by atoms with E-state index in [1.807, 2.05) is 54.7 Å². The average molecular weight is 789 g/mol. The van der Waals surface area contributed by atoms with E-state index in [1.54, 1.807) is 12.4 Å². The van der Waals surface area contributed by atoms with Gasteiger partial charge >= 0.3 is 0 Å². The molecule has 0 saturated heterocycles. The van der Waals surface area contributed by atoms with Crippen LogP contribution in [0.15, 0.2) is 79.3 Å². The fraction of sp³-hybridized carbons (Fsp3) is 0.368. The van der Waals surface area contributed by atoms with Crippen molar-refractivity contribution in [2.75, 3.05) is 18.0 Å². The first-order valence-corrected chi connectivity index (χ1v) is 15.9. The molecular formula is C38H42IrN7-. The van der Waals surface area contributed by atoms with Crippen LogP contribution in [-0.2, 0) is 30.9 Å². The number of fused-ring (bicyclic) bond motifs is 1. The number of pyridine rings is 3. The number of benzene rings is 1. The van der Waals surface area contributed by atoms with Gasteiger partial charge in [-0.05, 0) is 60.1 Å². The summed E-state index contributed by atoms with van der Waals surface area (Å²) in [4.78, 5) is 31.3. The molecule has 46 heavy (non-hydrogen) atoms. The Bertz CT molecular complexity index is 1760. The molecule has 239 valence electrons. The Morgan fingerprint density at radius 2 is 1.37 bits per heavy atom. The van der Waals surface area contributed by atoms with Crippen LogP contribution in [0, 0.1) is 11.5 Å². The van der Waals surface area contributed by atoms with Crippen molar-refractivity contribution >= 4 is 5.95 Å². The summed E-state index contributed by atoms with van der Waals surface area (Å²) in [5, 5.41) is 0. The zero-order valence-corrected chi connectivity index (χ0v) is 30.4. The van der Waals surface area contributed by atoms with Gasteiger partial charge in [0.15, 0.2) is 5.82 Å². The molecule has 6 rings (SSSR count). The molecule has 1 aromatic carbocycles. The van der Waals surface area contributed by atoms with E-state index in [9.17, 15) is 0 Å². The summed E-state index contributed by atoms with van der Waals surface area (Å²) in [5.41, 5.74) is 7.23. The number of hydrogen-bond donors (Lipinski definition) is 0. The first-order chi connectivity index (χ1) is 21.5. The van der Waals surface area contributed by atoms with Gasteiger partial charge in [-0.3, -0.25) is 9.97 Å². The van der Waals surface area contributed by atoms with E-state index in [0.29, 0.717) is 17.6 Å². The Hall–Kier alpha value is -3.87. The van der Waals surface area contributed by atoms with E-state index in [1.165, 1.54) is 11.1 Å². The second-order valence-corrected chi connectivity index (χ2v) is 13.4. The number of hydrogen-bond acceptors (Lipinski definition) is 7. The molecule has 5 aromatic rings. The molecule has 1 aliphatic rings. The molecule has 7 nitrogen and oxygen atoms in total. The maximum absolute atomic E-state index is 5.03. The minimum absolute atomic E-state index is 0. The first-order valence-electron chi connectivity index (χ1n) is 15.9. The fourth-order valence-electron chi connectivity index (χ4n) is 6.61. The van der Waals surface area contributed by atoms with Crippen molar-refractivity contribution < 1.29 is 20.1 Å². The zero-order valence-electron chi connectivity index (χ0n) is 28.0. The van der Waals surface area contributed by atoms with Gasteiger partial charge in [0.05, 0.1) is 11.4 Å². The molecule has 1 radical (unpaired) electrons. The molecule has 0 saturated carbocycles. The van der Waals surface area contributed by atoms with Crippen molar-refractivity contribution in [3.63, 3.8) is 0 Å². The molecule has 0 amide bonds. The van der Waals surface area contributed by atoms with Crippen LogP contribution in [0.2, 0.25) is 0 Å². The van der Waals surface area contributed by atoms with Crippen molar-refractivity contribution in [3.05, 3.63) is 114 Å². The van der Waals surface area contributed by atoms with Crippen LogP contribution in [0.5, 0.6) is 0 Å². The maximum Gasteiger partial charge on any atom is 0.229 e. The van der Waals surface area contributed by atoms with E-state index in [4.69, 9.17) is 19.9 Å². The predicted octanol–water partition coefficient (Wildman–Crippen LogP) is 7.81. The third-order valence-corrected chi connectivity index (χ3v) is 10.6. The molecule has 0 spiro atoms. The summed E-state index contributed by atoms with van der Waals surface area (Å²) in [6, 6.07) is 23.9.